The minimum atomic E-state index is -0.645. The molecule has 3 heterocycles. The number of hydrogen-bond acceptors (Lipinski definition) is 3. The van der Waals surface area contributed by atoms with Crippen molar-refractivity contribution in [1.29, 1.82) is 0 Å². The second kappa shape index (κ2) is 9.12. The van der Waals surface area contributed by atoms with E-state index in [9.17, 15) is 14.4 Å². The quantitative estimate of drug-likeness (QED) is 0.693. The number of hydrogen-bond donors (Lipinski definition) is 1. The van der Waals surface area contributed by atoms with Gasteiger partial charge in [0.05, 0.1) is 0 Å². The molecule has 3 amide bonds. The zero-order valence-corrected chi connectivity index (χ0v) is 18.3. The summed E-state index contributed by atoms with van der Waals surface area (Å²) in [5, 5.41) is 1.26. The number of nitrogens with zero attached hydrogens (tertiary/aromatic N) is 3. The molecule has 0 bridgehead atoms. The number of aromatic nitrogens is 1. The minimum absolute atomic E-state index is 0.0360. The number of fused-ring (bicyclic) bond motifs is 1. The highest BCUT2D eigenvalue weighted by Gasteiger charge is 2.40. The van der Waals surface area contributed by atoms with Gasteiger partial charge in [-0.05, 0) is 63.0 Å². The Balaban J connectivity index is 1.44. The second-order valence-corrected chi connectivity index (χ2v) is 8.69. The molecule has 31 heavy (non-hydrogen) atoms. The van der Waals surface area contributed by atoms with E-state index in [-0.39, 0.29) is 24.3 Å². The molecule has 1 aromatic heterocycles. The van der Waals surface area contributed by atoms with Crippen molar-refractivity contribution < 1.29 is 14.4 Å². The van der Waals surface area contributed by atoms with E-state index < -0.39 is 11.9 Å². The lowest BCUT2D eigenvalue weighted by Crippen LogP contribution is -2.49. The number of carbonyl (C=O) groups is 3. The molecule has 166 valence electrons. The molecule has 0 aliphatic carbocycles. The maximum atomic E-state index is 13.3. The van der Waals surface area contributed by atoms with Gasteiger partial charge in [-0.15, -0.1) is 0 Å². The fraction of sp³-hybridized carbons (Fsp3) is 0.542. The monoisotopic (exact) mass is 424 g/mol. The van der Waals surface area contributed by atoms with Crippen molar-refractivity contribution in [1.82, 2.24) is 14.4 Å². The van der Waals surface area contributed by atoms with Crippen molar-refractivity contribution in [2.24, 2.45) is 5.73 Å². The SMILES string of the molecule is CCn1c(CC[C@@H]2CCCN2C(=O)[C@H]2CCCN2C(=O)CC(N)=O)cc2ccccc21. The largest absolute Gasteiger partial charge is 0.369 e. The summed E-state index contributed by atoms with van der Waals surface area (Å²) in [5.41, 5.74) is 7.76. The average molecular weight is 425 g/mol. The molecule has 7 nitrogen and oxygen atoms in total. The van der Waals surface area contributed by atoms with E-state index in [1.54, 1.807) is 4.90 Å². The van der Waals surface area contributed by atoms with Gasteiger partial charge in [-0.2, -0.15) is 0 Å². The van der Waals surface area contributed by atoms with Gasteiger partial charge in [-0.1, -0.05) is 18.2 Å². The van der Waals surface area contributed by atoms with Crippen LogP contribution in [0.25, 0.3) is 10.9 Å². The number of aryl methyl sites for hydroxylation is 2. The summed E-state index contributed by atoms with van der Waals surface area (Å²) in [7, 11) is 0. The van der Waals surface area contributed by atoms with Gasteiger partial charge in [0.25, 0.3) is 0 Å². The molecule has 4 rings (SSSR count). The molecule has 2 atom stereocenters. The van der Waals surface area contributed by atoms with Crippen LogP contribution in [0.2, 0.25) is 0 Å². The van der Waals surface area contributed by atoms with Crippen LogP contribution in [0.15, 0.2) is 30.3 Å². The van der Waals surface area contributed by atoms with Crippen LogP contribution in [0.3, 0.4) is 0 Å². The first kappa shape index (κ1) is 21.4. The van der Waals surface area contributed by atoms with Crippen molar-refractivity contribution in [2.45, 2.75) is 70.5 Å². The van der Waals surface area contributed by atoms with Gasteiger partial charge >= 0.3 is 0 Å². The standard InChI is InChI=1S/C24H32N4O3/c1-2-26-19(15-17-7-3-4-9-20(17)26)12-11-18-8-5-13-27(18)24(31)21-10-6-14-28(21)23(30)16-22(25)29/h3-4,7,9,15,18,21H,2,5-6,8,10-14,16H2,1H3,(H2,25,29)/t18-,21+/m0/s1. The van der Waals surface area contributed by atoms with E-state index in [0.717, 1.165) is 45.2 Å². The predicted molar refractivity (Wildman–Crippen MR) is 119 cm³/mol. The Morgan fingerprint density at radius 2 is 1.81 bits per heavy atom. The number of para-hydroxylation sites is 1. The fourth-order valence-electron chi connectivity index (χ4n) is 5.35. The smallest absolute Gasteiger partial charge is 0.245 e. The van der Waals surface area contributed by atoms with Gasteiger partial charge in [0.2, 0.25) is 17.7 Å². The van der Waals surface area contributed by atoms with E-state index in [2.05, 4.69) is 41.8 Å². The van der Waals surface area contributed by atoms with Crippen molar-refractivity contribution in [3.05, 3.63) is 36.0 Å². The molecule has 1 aromatic carbocycles. The van der Waals surface area contributed by atoms with Crippen LogP contribution >= 0.6 is 0 Å². The van der Waals surface area contributed by atoms with E-state index >= 15 is 0 Å². The maximum absolute atomic E-state index is 13.3. The number of nitrogens with two attached hydrogens (primary N) is 1. The summed E-state index contributed by atoms with van der Waals surface area (Å²) in [6.45, 7) is 4.36. The highest BCUT2D eigenvalue weighted by Crippen LogP contribution is 2.28. The number of amides is 3. The normalized spacial score (nSPS) is 21.2. The Morgan fingerprint density at radius 1 is 1.06 bits per heavy atom. The Hall–Kier alpha value is -2.83. The Kier molecular flexibility index (Phi) is 6.30. The lowest BCUT2D eigenvalue weighted by molar-refractivity contribution is -0.145. The second-order valence-electron chi connectivity index (χ2n) is 8.69. The number of primary amides is 1. The van der Waals surface area contributed by atoms with Gasteiger partial charge in [-0.3, -0.25) is 14.4 Å². The van der Waals surface area contributed by atoms with Crippen LogP contribution in [0.1, 0.15) is 51.1 Å². The van der Waals surface area contributed by atoms with Crippen LogP contribution in [0.4, 0.5) is 0 Å². The molecule has 0 radical (unpaired) electrons. The Morgan fingerprint density at radius 3 is 2.58 bits per heavy atom. The first-order chi connectivity index (χ1) is 15.0. The van der Waals surface area contributed by atoms with Crippen molar-refractivity contribution in [3.8, 4) is 0 Å². The summed E-state index contributed by atoms with van der Waals surface area (Å²) in [6, 6.07) is 10.5. The Labute approximate surface area is 183 Å². The molecule has 0 saturated carbocycles. The first-order valence-corrected chi connectivity index (χ1v) is 11.4. The average Bonchev–Trinajstić information content (AvgIpc) is 3.48. The molecular formula is C24H32N4O3. The summed E-state index contributed by atoms with van der Waals surface area (Å²) in [6.07, 6.45) is 4.96. The number of carbonyl (C=O) groups excluding carboxylic acids is 3. The highest BCUT2D eigenvalue weighted by molar-refractivity contribution is 5.98. The third-order valence-corrected chi connectivity index (χ3v) is 6.79. The maximum Gasteiger partial charge on any atom is 0.245 e. The molecular weight excluding hydrogens is 392 g/mol. The molecule has 2 fully saturated rings. The summed E-state index contributed by atoms with van der Waals surface area (Å²) >= 11 is 0. The van der Waals surface area contributed by atoms with E-state index in [1.807, 2.05) is 4.90 Å². The zero-order valence-electron chi connectivity index (χ0n) is 18.3. The van der Waals surface area contributed by atoms with Crippen LogP contribution in [-0.2, 0) is 27.3 Å². The van der Waals surface area contributed by atoms with Crippen molar-refractivity contribution >= 4 is 28.6 Å². The van der Waals surface area contributed by atoms with Crippen LogP contribution in [-0.4, -0.2) is 57.3 Å². The summed E-state index contributed by atoms with van der Waals surface area (Å²) < 4.78 is 2.36. The molecule has 2 saturated heterocycles. The third kappa shape index (κ3) is 4.31. The summed E-state index contributed by atoms with van der Waals surface area (Å²) in [5.74, 6) is -0.936. The van der Waals surface area contributed by atoms with Gasteiger partial charge in [0, 0.05) is 36.9 Å². The molecule has 2 aliphatic heterocycles. The fourth-order valence-corrected chi connectivity index (χ4v) is 5.35. The minimum Gasteiger partial charge on any atom is -0.369 e. The van der Waals surface area contributed by atoms with E-state index in [0.29, 0.717) is 13.0 Å². The van der Waals surface area contributed by atoms with Crippen molar-refractivity contribution in [2.75, 3.05) is 13.1 Å². The number of likely N-dealkylation sites (tertiary alicyclic amines) is 2. The molecule has 2 N–H and O–H groups in total. The van der Waals surface area contributed by atoms with E-state index in [1.165, 1.54) is 16.6 Å². The van der Waals surface area contributed by atoms with Crippen LogP contribution < -0.4 is 5.73 Å². The lowest BCUT2D eigenvalue weighted by atomic mass is 10.1. The molecule has 2 aliphatic rings. The van der Waals surface area contributed by atoms with Gasteiger partial charge in [0.1, 0.15) is 12.5 Å². The first-order valence-electron chi connectivity index (χ1n) is 11.4. The molecule has 7 heteroatoms. The Bertz CT molecular complexity index is 982. The van der Waals surface area contributed by atoms with Gasteiger partial charge in [-0.25, -0.2) is 0 Å². The van der Waals surface area contributed by atoms with Gasteiger partial charge in [0.15, 0.2) is 0 Å². The topological polar surface area (TPSA) is 88.6 Å². The lowest BCUT2D eigenvalue weighted by Gasteiger charge is -2.31. The predicted octanol–water partition coefficient (Wildman–Crippen LogP) is 2.45. The molecule has 2 aromatic rings. The van der Waals surface area contributed by atoms with Crippen LogP contribution in [0.5, 0.6) is 0 Å². The van der Waals surface area contributed by atoms with Crippen LogP contribution in [0, 0.1) is 0 Å². The highest BCUT2D eigenvalue weighted by atomic mass is 16.2. The number of rotatable bonds is 7. The third-order valence-electron chi connectivity index (χ3n) is 6.79. The van der Waals surface area contributed by atoms with Crippen molar-refractivity contribution in [3.63, 3.8) is 0 Å². The molecule has 0 spiro atoms. The van der Waals surface area contributed by atoms with Gasteiger partial charge < -0.3 is 20.1 Å². The molecule has 0 unspecified atom stereocenters. The zero-order chi connectivity index (χ0) is 22.0. The van der Waals surface area contributed by atoms with E-state index in [4.69, 9.17) is 5.73 Å². The summed E-state index contributed by atoms with van der Waals surface area (Å²) in [4.78, 5) is 40.4. The number of benzene rings is 1.